The minimum Gasteiger partial charge on any atom is -0.384 e. The molecule has 3 rings (SSSR count). The largest absolute Gasteiger partial charge is 0.384 e. The van der Waals surface area contributed by atoms with Gasteiger partial charge >= 0.3 is 0 Å². The van der Waals surface area contributed by atoms with Crippen LogP contribution in [0.25, 0.3) is 10.2 Å². The monoisotopic (exact) mass is 310 g/mol. The molecule has 0 saturated heterocycles. The summed E-state index contributed by atoms with van der Waals surface area (Å²) in [7, 11) is 3.57. The molecule has 1 aliphatic rings. The van der Waals surface area contributed by atoms with E-state index in [1.807, 2.05) is 11.4 Å². The van der Waals surface area contributed by atoms with Crippen molar-refractivity contribution in [2.45, 2.75) is 24.4 Å². The Morgan fingerprint density at radius 1 is 1.55 bits per heavy atom. The highest BCUT2D eigenvalue weighted by molar-refractivity contribution is 7.99. The summed E-state index contributed by atoms with van der Waals surface area (Å²) < 4.78 is 7.76. The summed E-state index contributed by atoms with van der Waals surface area (Å²) in [5, 5.41) is 2.73. The predicted molar refractivity (Wildman–Crippen MR) is 83.7 cm³/mol. The summed E-state index contributed by atoms with van der Waals surface area (Å²) in [5.74, 6) is 0.969. The zero-order valence-electron chi connectivity index (χ0n) is 11.7. The number of methoxy groups -OCH3 is 1. The molecule has 0 aromatic carbocycles. The lowest BCUT2D eigenvalue weighted by molar-refractivity contribution is 0.0371. The maximum Gasteiger partial charge on any atom is 0.271 e. The van der Waals surface area contributed by atoms with Gasteiger partial charge in [-0.1, -0.05) is 18.2 Å². The summed E-state index contributed by atoms with van der Waals surface area (Å²) in [5.41, 5.74) is 1.15. The molecule has 2 aromatic heterocycles. The molecule has 2 heterocycles. The van der Waals surface area contributed by atoms with Gasteiger partial charge in [-0.2, -0.15) is 0 Å². The highest BCUT2D eigenvalue weighted by Gasteiger charge is 2.37. The van der Waals surface area contributed by atoms with Crippen LogP contribution < -0.4 is 5.56 Å². The average Bonchev–Trinajstić information content (AvgIpc) is 2.86. The number of thiophene rings is 1. The van der Waals surface area contributed by atoms with Gasteiger partial charge in [0.15, 0.2) is 5.16 Å². The van der Waals surface area contributed by atoms with E-state index >= 15 is 0 Å². The molecule has 1 fully saturated rings. The fraction of sp³-hybridized carbons (Fsp3) is 0.571. The minimum absolute atomic E-state index is 0.0573. The molecule has 0 radical (unpaired) electrons. The van der Waals surface area contributed by atoms with E-state index in [1.54, 1.807) is 30.5 Å². The van der Waals surface area contributed by atoms with Crippen molar-refractivity contribution in [1.82, 2.24) is 9.55 Å². The van der Waals surface area contributed by atoms with E-state index in [4.69, 9.17) is 4.74 Å². The third kappa shape index (κ3) is 2.40. The Morgan fingerprint density at radius 2 is 2.35 bits per heavy atom. The maximum absolute atomic E-state index is 12.2. The Balaban J connectivity index is 1.84. The third-order valence-electron chi connectivity index (χ3n) is 4.02. The van der Waals surface area contributed by atoms with Gasteiger partial charge in [0.1, 0.15) is 4.70 Å². The number of hydrogen-bond acceptors (Lipinski definition) is 5. The van der Waals surface area contributed by atoms with Crippen molar-refractivity contribution in [2.24, 2.45) is 12.5 Å². The minimum atomic E-state index is 0.0573. The molecule has 4 nitrogen and oxygen atoms in total. The van der Waals surface area contributed by atoms with Crippen molar-refractivity contribution in [2.75, 3.05) is 19.5 Å². The number of nitrogens with zero attached hydrogens (tertiary/aromatic N) is 2. The highest BCUT2D eigenvalue weighted by atomic mass is 32.2. The van der Waals surface area contributed by atoms with Gasteiger partial charge in [0.2, 0.25) is 0 Å². The van der Waals surface area contributed by atoms with Crippen molar-refractivity contribution in [3.63, 3.8) is 0 Å². The smallest absolute Gasteiger partial charge is 0.271 e. The van der Waals surface area contributed by atoms with E-state index < -0.39 is 0 Å². The molecule has 0 unspecified atom stereocenters. The molecular weight excluding hydrogens is 292 g/mol. The van der Waals surface area contributed by atoms with Crippen LogP contribution in [0.3, 0.4) is 0 Å². The molecule has 0 spiro atoms. The Hall–Kier alpha value is -0.850. The zero-order valence-corrected chi connectivity index (χ0v) is 13.4. The van der Waals surface area contributed by atoms with Crippen LogP contribution in [0.15, 0.2) is 21.4 Å². The normalized spacial score (nSPS) is 17.3. The van der Waals surface area contributed by atoms with Crippen LogP contribution in [0.1, 0.15) is 19.3 Å². The van der Waals surface area contributed by atoms with Crippen LogP contribution in [0.5, 0.6) is 0 Å². The highest BCUT2D eigenvalue weighted by Crippen LogP contribution is 2.44. The van der Waals surface area contributed by atoms with Crippen LogP contribution in [-0.2, 0) is 11.8 Å². The van der Waals surface area contributed by atoms with Crippen LogP contribution in [0, 0.1) is 5.41 Å². The molecular formula is C14H18N2O2S2. The van der Waals surface area contributed by atoms with Gasteiger partial charge < -0.3 is 4.74 Å². The molecule has 0 N–H and O–H groups in total. The van der Waals surface area contributed by atoms with Crippen LogP contribution in [0.4, 0.5) is 0 Å². The van der Waals surface area contributed by atoms with Crippen LogP contribution >= 0.6 is 23.1 Å². The third-order valence-corrected chi connectivity index (χ3v) is 6.29. The summed E-state index contributed by atoms with van der Waals surface area (Å²) in [6.45, 7) is 0.800. The summed E-state index contributed by atoms with van der Waals surface area (Å²) in [4.78, 5) is 16.9. The Kier molecular flexibility index (Phi) is 3.88. The van der Waals surface area contributed by atoms with Gasteiger partial charge in [0.05, 0.1) is 12.1 Å². The van der Waals surface area contributed by atoms with Crippen molar-refractivity contribution >= 4 is 33.3 Å². The molecule has 1 saturated carbocycles. The molecule has 108 valence electrons. The Morgan fingerprint density at radius 3 is 3.00 bits per heavy atom. The van der Waals surface area contributed by atoms with Crippen molar-refractivity contribution in [3.8, 4) is 0 Å². The Bertz CT molecular complexity index is 673. The first kappa shape index (κ1) is 14.1. The first-order valence-electron chi connectivity index (χ1n) is 6.71. The van der Waals surface area contributed by atoms with Crippen molar-refractivity contribution < 1.29 is 4.74 Å². The number of hydrogen-bond donors (Lipinski definition) is 0. The number of fused-ring (bicyclic) bond motifs is 1. The van der Waals surface area contributed by atoms with Gasteiger partial charge in [-0.15, -0.1) is 11.3 Å². The van der Waals surface area contributed by atoms with Crippen molar-refractivity contribution in [1.29, 1.82) is 0 Å². The zero-order chi connectivity index (χ0) is 14.2. The lowest BCUT2D eigenvalue weighted by Gasteiger charge is -2.41. The fourth-order valence-electron chi connectivity index (χ4n) is 2.63. The van der Waals surface area contributed by atoms with E-state index in [2.05, 4.69) is 4.98 Å². The van der Waals surface area contributed by atoms with E-state index in [-0.39, 0.29) is 11.0 Å². The van der Waals surface area contributed by atoms with Gasteiger partial charge in [0.25, 0.3) is 5.56 Å². The second-order valence-corrected chi connectivity index (χ2v) is 7.33. The molecule has 6 heteroatoms. The van der Waals surface area contributed by atoms with E-state index in [0.29, 0.717) is 0 Å². The molecule has 0 aliphatic heterocycles. The van der Waals surface area contributed by atoms with Crippen molar-refractivity contribution in [3.05, 3.63) is 21.8 Å². The fourth-order valence-corrected chi connectivity index (χ4v) is 4.68. The molecule has 2 aromatic rings. The summed E-state index contributed by atoms with van der Waals surface area (Å²) >= 11 is 3.14. The van der Waals surface area contributed by atoms with Crippen LogP contribution in [0.2, 0.25) is 0 Å². The molecule has 0 amide bonds. The average molecular weight is 310 g/mol. The lowest BCUT2D eigenvalue weighted by Crippen LogP contribution is -2.36. The van der Waals surface area contributed by atoms with E-state index in [1.165, 1.54) is 30.6 Å². The SMILES string of the molecule is COCC1(CSc2nc3ccsc3c(=O)n2C)CCC1. The van der Waals surface area contributed by atoms with E-state index in [9.17, 15) is 4.79 Å². The van der Waals surface area contributed by atoms with Crippen LogP contribution in [-0.4, -0.2) is 29.0 Å². The maximum atomic E-state index is 12.2. The topological polar surface area (TPSA) is 44.1 Å². The second kappa shape index (κ2) is 5.50. The van der Waals surface area contributed by atoms with Gasteiger partial charge in [-0.05, 0) is 24.3 Å². The molecule has 0 bridgehead atoms. The molecule has 0 atom stereocenters. The molecule has 20 heavy (non-hydrogen) atoms. The number of ether oxygens (including phenoxy) is 1. The summed E-state index contributed by atoms with van der Waals surface area (Å²) in [6, 6.07) is 1.92. The first-order valence-corrected chi connectivity index (χ1v) is 8.58. The van der Waals surface area contributed by atoms with Gasteiger partial charge in [0, 0.05) is 25.3 Å². The predicted octanol–water partition coefficient (Wildman–Crippen LogP) is 2.90. The number of thioether (sulfide) groups is 1. The molecule has 1 aliphatic carbocycles. The Labute approximate surface area is 126 Å². The standard InChI is InChI=1S/C14H18N2O2S2/c1-16-12(17)11-10(4-7-19-11)15-13(16)20-9-14(8-18-2)5-3-6-14/h4,7H,3,5-6,8-9H2,1-2H3. The second-order valence-electron chi connectivity index (χ2n) is 5.47. The van der Waals surface area contributed by atoms with E-state index in [0.717, 1.165) is 27.7 Å². The number of aromatic nitrogens is 2. The van der Waals surface area contributed by atoms with Gasteiger partial charge in [-0.3, -0.25) is 9.36 Å². The lowest BCUT2D eigenvalue weighted by atomic mass is 9.71. The summed E-state index contributed by atoms with van der Waals surface area (Å²) in [6.07, 6.45) is 3.70. The van der Waals surface area contributed by atoms with Gasteiger partial charge in [-0.25, -0.2) is 4.98 Å². The number of rotatable bonds is 5. The first-order chi connectivity index (χ1) is 9.65. The quantitative estimate of drug-likeness (QED) is 0.629.